The quantitative estimate of drug-likeness (QED) is 0.908. The summed E-state index contributed by atoms with van der Waals surface area (Å²) >= 11 is 3.56. The van der Waals surface area contributed by atoms with Crippen LogP contribution in [0.5, 0.6) is 5.75 Å². The first-order chi connectivity index (χ1) is 9.45. The van der Waals surface area contributed by atoms with Crippen molar-refractivity contribution in [3.05, 3.63) is 28.2 Å². The SMILES string of the molecule is CCC1CNC(C)(C)CN1Cc1cc(Br)ccc1OC. The Balaban J connectivity index is 2.20. The van der Waals surface area contributed by atoms with Crippen LogP contribution in [-0.4, -0.2) is 36.7 Å². The molecule has 1 N–H and O–H groups in total. The van der Waals surface area contributed by atoms with E-state index in [4.69, 9.17) is 4.74 Å². The van der Waals surface area contributed by atoms with Crippen molar-refractivity contribution in [3.63, 3.8) is 0 Å². The molecule has 112 valence electrons. The smallest absolute Gasteiger partial charge is 0.123 e. The molecule has 0 radical (unpaired) electrons. The van der Waals surface area contributed by atoms with E-state index in [9.17, 15) is 0 Å². The lowest BCUT2D eigenvalue weighted by molar-refractivity contribution is 0.0850. The average molecular weight is 341 g/mol. The second-order valence-electron chi connectivity index (χ2n) is 6.19. The predicted octanol–water partition coefficient (Wildman–Crippen LogP) is 3.42. The third-order valence-corrected chi connectivity index (χ3v) is 4.51. The summed E-state index contributed by atoms with van der Waals surface area (Å²) in [6.45, 7) is 9.84. The predicted molar refractivity (Wildman–Crippen MR) is 87.3 cm³/mol. The van der Waals surface area contributed by atoms with Gasteiger partial charge in [-0.15, -0.1) is 0 Å². The highest BCUT2D eigenvalue weighted by Crippen LogP contribution is 2.27. The summed E-state index contributed by atoms with van der Waals surface area (Å²) in [5, 5.41) is 3.63. The van der Waals surface area contributed by atoms with Crippen molar-refractivity contribution in [1.82, 2.24) is 10.2 Å². The molecule has 0 amide bonds. The molecule has 0 aromatic heterocycles. The van der Waals surface area contributed by atoms with Gasteiger partial charge in [-0.05, 0) is 38.5 Å². The largest absolute Gasteiger partial charge is 0.496 e. The molecule has 1 unspecified atom stereocenters. The van der Waals surface area contributed by atoms with Crippen molar-refractivity contribution in [2.24, 2.45) is 0 Å². The third-order valence-electron chi connectivity index (χ3n) is 4.02. The van der Waals surface area contributed by atoms with Gasteiger partial charge in [0.1, 0.15) is 5.75 Å². The van der Waals surface area contributed by atoms with E-state index in [0.29, 0.717) is 6.04 Å². The van der Waals surface area contributed by atoms with Gasteiger partial charge in [0.25, 0.3) is 0 Å². The van der Waals surface area contributed by atoms with Gasteiger partial charge in [-0.2, -0.15) is 0 Å². The molecule has 1 fully saturated rings. The van der Waals surface area contributed by atoms with Crippen molar-refractivity contribution >= 4 is 15.9 Å². The van der Waals surface area contributed by atoms with Crippen molar-refractivity contribution in [2.75, 3.05) is 20.2 Å². The second-order valence-corrected chi connectivity index (χ2v) is 7.10. The summed E-state index contributed by atoms with van der Waals surface area (Å²) in [5.74, 6) is 0.972. The number of benzene rings is 1. The number of ether oxygens (including phenoxy) is 1. The number of methoxy groups -OCH3 is 1. The van der Waals surface area contributed by atoms with Crippen LogP contribution in [0.3, 0.4) is 0 Å². The lowest BCUT2D eigenvalue weighted by Gasteiger charge is -2.44. The normalized spacial score (nSPS) is 22.8. The fourth-order valence-electron chi connectivity index (χ4n) is 2.89. The first kappa shape index (κ1) is 15.8. The molecule has 1 atom stereocenters. The molecule has 1 aliphatic heterocycles. The van der Waals surface area contributed by atoms with Gasteiger partial charge in [0.2, 0.25) is 0 Å². The highest BCUT2D eigenvalue weighted by atomic mass is 79.9. The summed E-state index contributed by atoms with van der Waals surface area (Å²) in [6.07, 6.45) is 1.17. The van der Waals surface area contributed by atoms with Crippen molar-refractivity contribution in [2.45, 2.75) is 45.3 Å². The Morgan fingerprint density at radius 2 is 2.20 bits per heavy atom. The van der Waals surface area contributed by atoms with E-state index in [0.717, 1.165) is 29.9 Å². The molecule has 3 nitrogen and oxygen atoms in total. The molecule has 20 heavy (non-hydrogen) atoms. The standard InChI is InChI=1S/C16H25BrN2O/c1-5-14-9-18-16(2,3)11-19(14)10-12-8-13(17)6-7-15(12)20-4/h6-8,14,18H,5,9-11H2,1-4H3. The highest BCUT2D eigenvalue weighted by molar-refractivity contribution is 9.10. The topological polar surface area (TPSA) is 24.5 Å². The van der Waals surface area contributed by atoms with Crippen molar-refractivity contribution in [3.8, 4) is 5.75 Å². The van der Waals surface area contributed by atoms with Crippen LogP contribution in [0.2, 0.25) is 0 Å². The fraction of sp³-hybridized carbons (Fsp3) is 0.625. The molecule has 1 aliphatic rings. The number of nitrogens with zero attached hydrogens (tertiary/aromatic N) is 1. The van der Waals surface area contributed by atoms with Crippen LogP contribution in [0.25, 0.3) is 0 Å². The maximum Gasteiger partial charge on any atom is 0.123 e. The maximum atomic E-state index is 5.50. The lowest BCUT2D eigenvalue weighted by Crippen LogP contribution is -2.61. The first-order valence-electron chi connectivity index (χ1n) is 7.26. The van der Waals surface area contributed by atoms with Gasteiger partial charge in [0.15, 0.2) is 0 Å². The third kappa shape index (κ3) is 3.74. The van der Waals surface area contributed by atoms with Crippen LogP contribution in [-0.2, 0) is 6.54 Å². The van der Waals surface area contributed by atoms with E-state index in [1.165, 1.54) is 12.0 Å². The maximum absolute atomic E-state index is 5.50. The minimum absolute atomic E-state index is 0.172. The van der Waals surface area contributed by atoms with Gasteiger partial charge in [-0.3, -0.25) is 4.90 Å². The van der Waals surface area contributed by atoms with Crippen LogP contribution in [0.1, 0.15) is 32.8 Å². The number of hydrogen-bond donors (Lipinski definition) is 1. The minimum atomic E-state index is 0.172. The Morgan fingerprint density at radius 1 is 1.45 bits per heavy atom. The fourth-order valence-corrected chi connectivity index (χ4v) is 3.30. The van der Waals surface area contributed by atoms with Gasteiger partial charge < -0.3 is 10.1 Å². The summed E-state index contributed by atoms with van der Waals surface area (Å²) < 4.78 is 6.61. The molecule has 0 saturated carbocycles. The van der Waals surface area contributed by atoms with E-state index in [-0.39, 0.29) is 5.54 Å². The zero-order valence-corrected chi connectivity index (χ0v) is 14.5. The Hall–Kier alpha value is -0.580. The van der Waals surface area contributed by atoms with Gasteiger partial charge >= 0.3 is 0 Å². The second kappa shape index (κ2) is 6.46. The Labute approximate surface area is 130 Å². The number of nitrogens with one attached hydrogen (secondary N) is 1. The molecule has 0 aliphatic carbocycles. The first-order valence-corrected chi connectivity index (χ1v) is 8.06. The lowest BCUT2D eigenvalue weighted by atomic mass is 9.97. The van der Waals surface area contributed by atoms with Crippen molar-refractivity contribution in [1.29, 1.82) is 0 Å². The van der Waals surface area contributed by atoms with Gasteiger partial charge in [-0.1, -0.05) is 22.9 Å². The molecule has 2 rings (SSSR count). The van der Waals surface area contributed by atoms with Gasteiger partial charge in [0.05, 0.1) is 7.11 Å². The van der Waals surface area contributed by atoms with Crippen LogP contribution in [0.4, 0.5) is 0 Å². The van der Waals surface area contributed by atoms with Gasteiger partial charge in [-0.25, -0.2) is 0 Å². The molecule has 0 bridgehead atoms. The minimum Gasteiger partial charge on any atom is -0.496 e. The molecule has 1 aromatic carbocycles. The molecule has 1 heterocycles. The number of hydrogen-bond acceptors (Lipinski definition) is 3. The summed E-state index contributed by atoms with van der Waals surface area (Å²) in [7, 11) is 1.74. The van der Waals surface area contributed by atoms with E-state index < -0.39 is 0 Å². The molecule has 1 saturated heterocycles. The summed E-state index contributed by atoms with van der Waals surface area (Å²) in [5.41, 5.74) is 1.42. The van der Waals surface area contributed by atoms with Crippen molar-refractivity contribution < 1.29 is 4.74 Å². The highest BCUT2D eigenvalue weighted by Gasteiger charge is 2.31. The van der Waals surface area contributed by atoms with E-state index in [2.05, 4.69) is 53.0 Å². The number of halogens is 1. The van der Waals surface area contributed by atoms with Crippen LogP contribution >= 0.6 is 15.9 Å². The number of rotatable bonds is 4. The Kier molecular flexibility index (Phi) is 5.10. The average Bonchev–Trinajstić information content (AvgIpc) is 2.38. The van der Waals surface area contributed by atoms with Crippen LogP contribution < -0.4 is 10.1 Å². The van der Waals surface area contributed by atoms with E-state index in [1.807, 2.05) is 12.1 Å². The zero-order chi connectivity index (χ0) is 14.8. The van der Waals surface area contributed by atoms with Crippen LogP contribution in [0, 0.1) is 0 Å². The molecular formula is C16H25BrN2O. The Bertz CT molecular complexity index is 462. The molecule has 0 spiro atoms. The Morgan fingerprint density at radius 3 is 2.85 bits per heavy atom. The van der Waals surface area contributed by atoms with E-state index in [1.54, 1.807) is 7.11 Å². The molecule has 4 heteroatoms. The zero-order valence-electron chi connectivity index (χ0n) is 12.9. The van der Waals surface area contributed by atoms with Gasteiger partial charge in [0, 0.05) is 41.3 Å². The monoisotopic (exact) mass is 340 g/mol. The summed E-state index contributed by atoms with van der Waals surface area (Å²) in [4.78, 5) is 2.57. The van der Waals surface area contributed by atoms with E-state index >= 15 is 0 Å². The molecular weight excluding hydrogens is 316 g/mol. The number of piperazine rings is 1. The summed E-state index contributed by atoms with van der Waals surface area (Å²) in [6, 6.07) is 6.82. The molecule has 1 aromatic rings. The van der Waals surface area contributed by atoms with Crippen LogP contribution in [0.15, 0.2) is 22.7 Å².